The van der Waals surface area contributed by atoms with Crippen LogP contribution in [0.5, 0.6) is 5.75 Å². The average Bonchev–Trinajstić information content (AvgIpc) is 2.71. The van der Waals surface area contributed by atoms with Gasteiger partial charge >= 0.3 is 0 Å². The fourth-order valence-electron chi connectivity index (χ4n) is 1.69. The molecule has 0 saturated carbocycles. The minimum absolute atomic E-state index is 0.0313. The molecule has 2 rings (SSSR count). The van der Waals surface area contributed by atoms with Crippen molar-refractivity contribution in [3.63, 3.8) is 0 Å². The third-order valence-corrected chi connectivity index (χ3v) is 2.65. The van der Waals surface area contributed by atoms with Gasteiger partial charge in [0.15, 0.2) is 0 Å². The van der Waals surface area contributed by atoms with E-state index in [4.69, 9.17) is 4.74 Å². The highest BCUT2D eigenvalue weighted by Crippen LogP contribution is 2.18. The van der Waals surface area contributed by atoms with E-state index in [0.29, 0.717) is 6.54 Å². The van der Waals surface area contributed by atoms with Crippen LogP contribution < -0.4 is 10.1 Å². The van der Waals surface area contributed by atoms with Crippen LogP contribution in [-0.2, 0) is 11.3 Å². The van der Waals surface area contributed by atoms with Crippen molar-refractivity contribution >= 4 is 12.1 Å². The van der Waals surface area contributed by atoms with Crippen molar-refractivity contribution in [1.82, 2.24) is 5.32 Å². The van der Waals surface area contributed by atoms with E-state index in [-0.39, 0.29) is 23.8 Å². The van der Waals surface area contributed by atoms with Crippen molar-refractivity contribution < 1.29 is 14.6 Å². The van der Waals surface area contributed by atoms with Crippen LogP contribution in [0.2, 0.25) is 0 Å². The summed E-state index contributed by atoms with van der Waals surface area (Å²) in [5, 5.41) is 11.9. The summed E-state index contributed by atoms with van der Waals surface area (Å²) >= 11 is 0. The second-order valence-corrected chi connectivity index (χ2v) is 3.82. The van der Waals surface area contributed by atoms with Gasteiger partial charge in [-0.1, -0.05) is 18.2 Å². The fourth-order valence-corrected chi connectivity index (χ4v) is 1.69. The number of hydrogen-bond acceptors (Lipinski definition) is 4. The summed E-state index contributed by atoms with van der Waals surface area (Å²) in [5.41, 5.74) is 1.15. The number of carbonyl (C=O) groups excluding carboxylic acids is 1. The molecule has 0 atom stereocenters. The van der Waals surface area contributed by atoms with Crippen LogP contribution in [0.1, 0.15) is 5.56 Å². The van der Waals surface area contributed by atoms with Gasteiger partial charge < -0.3 is 15.2 Å². The van der Waals surface area contributed by atoms with Crippen molar-refractivity contribution in [3.05, 3.63) is 41.2 Å². The standard InChI is InChI=1S/C13H14N2O3/c1-18-12-5-3-2-4-9(12)6-14-7-10-11(16)8-15-13(10)17/h2-5,7,16H,6,8H2,1H3,(H,15,17). The highest BCUT2D eigenvalue weighted by molar-refractivity contribution is 6.14. The lowest BCUT2D eigenvalue weighted by Crippen LogP contribution is -2.17. The molecule has 0 saturated heterocycles. The summed E-state index contributed by atoms with van der Waals surface area (Å²) in [7, 11) is 1.60. The molecule has 0 unspecified atom stereocenters. The van der Waals surface area contributed by atoms with E-state index in [2.05, 4.69) is 10.3 Å². The molecule has 0 fully saturated rings. The number of benzene rings is 1. The monoisotopic (exact) mass is 246 g/mol. The maximum Gasteiger partial charge on any atom is 0.256 e. The molecule has 0 aromatic heterocycles. The Morgan fingerprint density at radius 1 is 1.50 bits per heavy atom. The summed E-state index contributed by atoms with van der Waals surface area (Å²) in [5.74, 6) is 0.490. The number of hydrogen-bond donors (Lipinski definition) is 2. The topological polar surface area (TPSA) is 70.9 Å². The largest absolute Gasteiger partial charge is 0.510 e. The predicted octanol–water partition coefficient (Wildman–Crippen LogP) is 1.21. The Hall–Kier alpha value is -2.30. The molecule has 1 aliphatic rings. The Morgan fingerprint density at radius 2 is 2.28 bits per heavy atom. The summed E-state index contributed by atoms with van der Waals surface area (Å²) in [6.07, 6.45) is 1.39. The molecule has 1 amide bonds. The number of aliphatic imine (C=N–C) groups is 1. The molecule has 1 aliphatic heterocycles. The molecule has 0 aliphatic carbocycles. The third-order valence-electron chi connectivity index (χ3n) is 2.65. The van der Waals surface area contributed by atoms with Crippen LogP contribution in [0.3, 0.4) is 0 Å². The van der Waals surface area contributed by atoms with Gasteiger partial charge in [-0.25, -0.2) is 0 Å². The second kappa shape index (κ2) is 5.35. The maximum absolute atomic E-state index is 11.3. The van der Waals surface area contributed by atoms with Gasteiger partial charge in [0.25, 0.3) is 5.91 Å². The van der Waals surface area contributed by atoms with E-state index in [1.807, 2.05) is 24.3 Å². The van der Waals surface area contributed by atoms with Gasteiger partial charge in [-0.2, -0.15) is 0 Å². The van der Waals surface area contributed by atoms with Crippen LogP contribution in [0.15, 0.2) is 40.6 Å². The van der Waals surface area contributed by atoms with E-state index >= 15 is 0 Å². The Balaban J connectivity index is 2.08. The van der Waals surface area contributed by atoms with Gasteiger partial charge in [0.2, 0.25) is 0 Å². The minimum Gasteiger partial charge on any atom is -0.510 e. The van der Waals surface area contributed by atoms with Crippen molar-refractivity contribution in [2.75, 3.05) is 13.7 Å². The Labute approximate surface area is 105 Å². The Kier molecular flexibility index (Phi) is 3.62. The van der Waals surface area contributed by atoms with Crippen LogP contribution in [0.4, 0.5) is 0 Å². The number of aliphatic hydroxyl groups is 1. The molecule has 5 nitrogen and oxygen atoms in total. The molecule has 2 N–H and O–H groups in total. The number of amides is 1. The van der Waals surface area contributed by atoms with Gasteiger partial charge in [-0.05, 0) is 6.07 Å². The number of para-hydroxylation sites is 1. The number of methoxy groups -OCH3 is 1. The number of nitrogens with zero attached hydrogens (tertiary/aromatic N) is 1. The molecule has 0 bridgehead atoms. The van der Waals surface area contributed by atoms with Gasteiger partial charge in [-0.3, -0.25) is 9.79 Å². The predicted molar refractivity (Wildman–Crippen MR) is 67.9 cm³/mol. The highest BCUT2D eigenvalue weighted by Gasteiger charge is 2.19. The van der Waals surface area contributed by atoms with Gasteiger partial charge in [-0.15, -0.1) is 0 Å². The number of rotatable bonds is 4. The van der Waals surface area contributed by atoms with E-state index in [1.54, 1.807) is 7.11 Å². The molecule has 5 heteroatoms. The fraction of sp³-hybridized carbons (Fsp3) is 0.231. The van der Waals surface area contributed by atoms with Crippen LogP contribution in [-0.4, -0.2) is 30.9 Å². The van der Waals surface area contributed by atoms with Gasteiger partial charge in [0.05, 0.1) is 25.8 Å². The van der Waals surface area contributed by atoms with Crippen molar-refractivity contribution in [3.8, 4) is 5.75 Å². The average molecular weight is 246 g/mol. The molecule has 0 spiro atoms. The molecule has 1 aromatic carbocycles. The van der Waals surface area contributed by atoms with Gasteiger partial charge in [0.1, 0.15) is 11.5 Å². The minimum atomic E-state index is -0.295. The number of nitrogens with one attached hydrogen (secondary N) is 1. The number of aliphatic hydroxyl groups excluding tert-OH is 1. The zero-order chi connectivity index (χ0) is 13.0. The summed E-state index contributed by atoms with van der Waals surface area (Å²) < 4.78 is 5.20. The van der Waals surface area contributed by atoms with Crippen molar-refractivity contribution in [2.24, 2.45) is 4.99 Å². The van der Waals surface area contributed by atoms with Crippen LogP contribution in [0, 0.1) is 0 Å². The number of carbonyl (C=O) groups is 1. The SMILES string of the molecule is COc1ccccc1CN=CC1=C(O)CNC1=O. The van der Waals surface area contributed by atoms with E-state index < -0.39 is 0 Å². The first kappa shape index (κ1) is 12.2. The summed E-state index contributed by atoms with van der Waals surface area (Å²) in [4.78, 5) is 15.5. The van der Waals surface area contributed by atoms with E-state index in [0.717, 1.165) is 11.3 Å². The molecular weight excluding hydrogens is 232 g/mol. The summed E-state index contributed by atoms with van der Waals surface area (Å²) in [6, 6.07) is 7.53. The first-order valence-corrected chi connectivity index (χ1v) is 5.54. The van der Waals surface area contributed by atoms with E-state index in [9.17, 15) is 9.90 Å². The second-order valence-electron chi connectivity index (χ2n) is 3.82. The van der Waals surface area contributed by atoms with E-state index in [1.165, 1.54) is 6.21 Å². The molecule has 0 radical (unpaired) electrons. The number of ether oxygens (including phenoxy) is 1. The molecular formula is C13H14N2O3. The zero-order valence-electron chi connectivity index (χ0n) is 10.0. The first-order valence-electron chi connectivity index (χ1n) is 5.54. The quantitative estimate of drug-likeness (QED) is 0.784. The van der Waals surface area contributed by atoms with Crippen LogP contribution >= 0.6 is 0 Å². The molecule has 1 heterocycles. The lowest BCUT2D eigenvalue weighted by atomic mass is 10.2. The van der Waals surface area contributed by atoms with Crippen molar-refractivity contribution in [1.29, 1.82) is 0 Å². The maximum atomic E-state index is 11.3. The lowest BCUT2D eigenvalue weighted by molar-refractivity contribution is -0.116. The Bertz CT molecular complexity index is 521. The van der Waals surface area contributed by atoms with Gasteiger partial charge in [0, 0.05) is 11.8 Å². The lowest BCUT2D eigenvalue weighted by Gasteiger charge is -2.04. The third kappa shape index (κ3) is 2.51. The van der Waals surface area contributed by atoms with Crippen LogP contribution in [0.25, 0.3) is 0 Å². The normalized spacial score (nSPS) is 15.3. The zero-order valence-corrected chi connectivity index (χ0v) is 10.0. The summed E-state index contributed by atoms with van der Waals surface area (Å²) in [6.45, 7) is 0.572. The highest BCUT2D eigenvalue weighted by atomic mass is 16.5. The smallest absolute Gasteiger partial charge is 0.256 e. The first-order chi connectivity index (χ1) is 8.72. The Morgan fingerprint density at radius 3 is 2.94 bits per heavy atom. The van der Waals surface area contributed by atoms with Crippen molar-refractivity contribution in [2.45, 2.75) is 6.54 Å². The molecule has 1 aromatic rings. The molecule has 18 heavy (non-hydrogen) atoms. The molecule has 94 valence electrons.